The van der Waals surface area contributed by atoms with Gasteiger partial charge >= 0.3 is 12.1 Å². The van der Waals surface area contributed by atoms with Crippen molar-refractivity contribution in [3.8, 4) is 11.1 Å². The van der Waals surface area contributed by atoms with E-state index in [1.807, 2.05) is 24.3 Å². The number of hydrogen-bond donors (Lipinski definition) is 3. The molecule has 5 rings (SSSR count). The molecule has 2 fully saturated rings. The van der Waals surface area contributed by atoms with Crippen LogP contribution in [0.2, 0.25) is 0 Å². The van der Waals surface area contributed by atoms with Crippen LogP contribution in [0.25, 0.3) is 11.1 Å². The van der Waals surface area contributed by atoms with Crippen LogP contribution in [0.15, 0.2) is 48.5 Å². The summed E-state index contributed by atoms with van der Waals surface area (Å²) in [6.45, 7) is 0.834. The van der Waals surface area contributed by atoms with Crippen LogP contribution in [0.5, 0.6) is 0 Å². The zero-order chi connectivity index (χ0) is 23.8. The van der Waals surface area contributed by atoms with Crippen molar-refractivity contribution < 1.29 is 29.3 Å². The smallest absolute Gasteiger partial charge is 0.407 e. The quantitative estimate of drug-likeness (QED) is 0.605. The normalized spacial score (nSPS) is 25.3. The van der Waals surface area contributed by atoms with Gasteiger partial charge in [0.1, 0.15) is 6.61 Å². The molecule has 178 valence electrons. The van der Waals surface area contributed by atoms with Gasteiger partial charge in [0.2, 0.25) is 5.91 Å². The van der Waals surface area contributed by atoms with Crippen LogP contribution in [-0.4, -0.2) is 65.4 Å². The van der Waals surface area contributed by atoms with Crippen LogP contribution < -0.4 is 5.32 Å². The Morgan fingerprint density at radius 2 is 1.62 bits per heavy atom. The van der Waals surface area contributed by atoms with Gasteiger partial charge in [0.05, 0.1) is 12.0 Å². The van der Waals surface area contributed by atoms with Crippen LogP contribution in [0.1, 0.15) is 29.9 Å². The van der Waals surface area contributed by atoms with E-state index in [9.17, 15) is 24.6 Å². The molecule has 0 radical (unpaired) electrons. The number of alkyl carbamates (subject to hydrolysis) is 1. The van der Waals surface area contributed by atoms with Crippen molar-refractivity contribution in [2.24, 2.45) is 17.8 Å². The van der Waals surface area contributed by atoms with Gasteiger partial charge < -0.3 is 25.2 Å². The van der Waals surface area contributed by atoms with E-state index in [-0.39, 0.29) is 49.8 Å². The monoisotopic (exact) mass is 464 g/mol. The number of nitrogens with one attached hydrogen (secondary N) is 1. The first-order chi connectivity index (χ1) is 16.4. The molecule has 1 saturated carbocycles. The highest BCUT2D eigenvalue weighted by atomic mass is 16.5. The number of aliphatic hydroxyl groups excluding tert-OH is 1. The van der Waals surface area contributed by atoms with Crippen LogP contribution in [0.4, 0.5) is 4.79 Å². The lowest BCUT2D eigenvalue weighted by molar-refractivity contribution is -0.149. The molecule has 0 aromatic heterocycles. The van der Waals surface area contributed by atoms with Crippen molar-refractivity contribution in [1.29, 1.82) is 0 Å². The first-order valence-corrected chi connectivity index (χ1v) is 11.7. The summed E-state index contributed by atoms with van der Waals surface area (Å²) in [4.78, 5) is 37.8. The standard InChI is InChI=1S/C26H28N2O6/c29-17-9-16(25(31)32)12-28(13-17)24(30)22-10-15(22)11-27-26(33)34-14-23-20-7-3-1-5-18(20)19-6-2-4-8-21(19)23/h1-8,15-17,22-23,29H,9-14H2,(H,27,33)(H,31,32). The van der Waals surface area contributed by atoms with Crippen molar-refractivity contribution in [3.63, 3.8) is 0 Å². The largest absolute Gasteiger partial charge is 0.481 e. The number of benzene rings is 2. The molecule has 1 aliphatic heterocycles. The van der Waals surface area contributed by atoms with E-state index in [1.54, 1.807) is 0 Å². The number of hydrogen-bond acceptors (Lipinski definition) is 5. The summed E-state index contributed by atoms with van der Waals surface area (Å²) < 4.78 is 5.54. The number of amides is 2. The first-order valence-electron chi connectivity index (χ1n) is 11.7. The molecule has 2 amide bonds. The lowest BCUT2D eigenvalue weighted by atomic mass is 9.95. The maximum absolute atomic E-state index is 12.7. The molecule has 3 N–H and O–H groups in total. The molecule has 3 aliphatic rings. The second-order valence-electron chi connectivity index (χ2n) is 9.48. The van der Waals surface area contributed by atoms with Crippen molar-refractivity contribution in [1.82, 2.24) is 10.2 Å². The van der Waals surface area contributed by atoms with Gasteiger partial charge in [-0.05, 0) is 41.0 Å². The van der Waals surface area contributed by atoms with E-state index < -0.39 is 24.1 Å². The second-order valence-corrected chi connectivity index (χ2v) is 9.48. The highest BCUT2D eigenvalue weighted by Gasteiger charge is 2.46. The van der Waals surface area contributed by atoms with Gasteiger partial charge in [-0.25, -0.2) is 4.79 Å². The molecular formula is C26H28N2O6. The van der Waals surface area contributed by atoms with Gasteiger partial charge in [-0.1, -0.05) is 48.5 Å². The Kier molecular flexibility index (Phi) is 6.00. The number of carboxylic acid groups (broad SMARTS) is 1. The number of aliphatic hydroxyl groups is 1. The molecule has 4 atom stereocenters. The van der Waals surface area contributed by atoms with Gasteiger partial charge in [-0.15, -0.1) is 0 Å². The summed E-state index contributed by atoms with van der Waals surface area (Å²) in [5, 5.41) is 21.9. The number of carbonyl (C=O) groups excluding carboxylic acids is 2. The Hall–Kier alpha value is -3.39. The predicted molar refractivity (Wildman–Crippen MR) is 123 cm³/mol. The molecule has 8 nitrogen and oxygen atoms in total. The fraction of sp³-hybridized carbons (Fsp3) is 0.423. The van der Waals surface area contributed by atoms with Crippen LogP contribution in [0, 0.1) is 17.8 Å². The molecule has 2 aromatic carbocycles. The third-order valence-electron chi connectivity index (χ3n) is 7.18. The van der Waals surface area contributed by atoms with Crippen molar-refractivity contribution in [3.05, 3.63) is 59.7 Å². The number of piperidine rings is 1. The number of ether oxygens (including phenoxy) is 1. The van der Waals surface area contributed by atoms with E-state index >= 15 is 0 Å². The molecule has 2 aromatic rings. The van der Waals surface area contributed by atoms with Gasteiger partial charge in [-0.3, -0.25) is 9.59 Å². The van der Waals surface area contributed by atoms with Crippen LogP contribution in [0.3, 0.4) is 0 Å². The Bertz CT molecular complexity index is 1070. The molecule has 4 unspecified atom stereocenters. The van der Waals surface area contributed by atoms with Gasteiger partial charge in [0, 0.05) is 31.5 Å². The number of nitrogens with zero attached hydrogens (tertiary/aromatic N) is 1. The molecule has 1 saturated heterocycles. The fourth-order valence-corrected chi connectivity index (χ4v) is 5.31. The number of β-amino-alcohol motifs (C(OH)–C–C–N with tert-alkyl or cyclic N) is 1. The third kappa shape index (κ3) is 4.37. The average Bonchev–Trinajstić information content (AvgIpc) is 3.55. The van der Waals surface area contributed by atoms with E-state index in [2.05, 4.69) is 29.6 Å². The lowest BCUT2D eigenvalue weighted by Crippen LogP contribution is -2.49. The zero-order valence-electron chi connectivity index (χ0n) is 18.7. The highest BCUT2D eigenvalue weighted by molar-refractivity contribution is 5.83. The number of rotatable bonds is 6. The van der Waals surface area contributed by atoms with Crippen molar-refractivity contribution >= 4 is 18.0 Å². The van der Waals surface area contributed by atoms with Crippen LogP contribution >= 0.6 is 0 Å². The maximum Gasteiger partial charge on any atom is 0.407 e. The number of carboxylic acids is 1. The minimum absolute atomic E-state index is 0.00432. The average molecular weight is 465 g/mol. The Morgan fingerprint density at radius 3 is 2.26 bits per heavy atom. The lowest BCUT2D eigenvalue weighted by Gasteiger charge is -2.34. The van der Waals surface area contributed by atoms with Crippen molar-refractivity contribution in [2.75, 3.05) is 26.2 Å². The van der Waals surface area contributed by atoms with E-state index in [1.165, 1.54) is 16.0 Å². The number of carbonyl (C=O) groups is 3. The number of aliphatic carboxylic acids is 1. The van der Waals surface area contributed by atoms with E-state index in [4.69, 9.17) is 4.74 Å². The number of likely N-dealkylation sites (tertiary alicyclic amines) is 1. The molecule has 1 heterocycles. The summed E-state index contributed by atoms with van der Waals surface area (Å²) in [7, 11) is 0. The predicted octanol–water partition coefficient (Wildman–Crippen LogP) is 2.46. The second kappa shape index (κ2) is 9.10. The Labute approximate surface area is 197 Å². The summed E-state index contributed by atoms with van der Waals surface area (Å²) in [5.41, 5.74) is 4.62. The summed E-state index contributed by atoms with van der Waals surface area (Å²) in [6.07, 6.45) is -0.544. The van der Waals surface area contributed by atoms with Gasteiger partial charge in [-0.2, -0.15) is 0 Å². The Morgan fingerprint density at radius 1 is 0.971 bits per heavy atom. The van der Waals surface area contributed by atoms with Gasteiger partial charge in [0.25, 0.3) is 0 Å². The minimum atomic E-state index is -0.999. The number of fused-ring (bicyclic) bond motifs is 3. The third-order valence-corrected chi connectivity index (χ3v) is 7.18. The molecule has 0 spiro atoms. The topological polar surface area (TPSA) is 116 Å². The molecule has 34 heavy (non-hydrogen) atoms. The maximum atomic E-state index is 12.7. The zero-order valence-corrected chi connectivity index (χ0v) is 18.7. The van der Waals surface area contributed by atoms with E-state index in [0.29, 0.717) is 13.0 Å². The summed E-state index contributed by atoms with van der Waals surface area (Å²) in [6, 6.07) is 16.3. The van der Waals surface area contributed by atoms with Gasteiger partial charge in [0.15, 0.2) is 0 Å². The minimum Gasteiger partial charge on any atom is -0.481 e. The fourth-order valence-electron chi connectivity index (χ4n) is 5.31. The molecule has 2 aliphatic carbocycles. The molecule has 0 bridgehead atoms. The summed E-state index contributed by atoms with van der Waals surface area (Å²) in [5.74, 6) is -2.17. The first kappa shape index (κ1) is 22.4. The van der Waals surface area contributed by atoms with Crippen LogP contribution in [-0.2, 0) is 14.3 Å². The van der Waals surface area contributed by atoms with Crippen molar-refractivity contribution in [2.45, 2.75) is 24.9 Å². The highest BCUT2D eigenvalue weighted by Crippen LogP contribution is 2.44. The SMILES string of the molecule is O=C(NCC1CC1C(=O)N1CC(O)CC(C(=O)O)C1)OCC1c2ccccc2-c2ccccc21. The molecular weight excluding hydrogens is 436 g/mol. The Balaban J connectivity index is 1.11. The summed E-state index contributed by atoms with van der Waals surface area (Å²) >= 11 is 0. The van der Waals surface area contributed by atoms with E-state index in [0.717, 1.165) is 11.1 Å². The molecule has 8 heteroatoms.